The maximum Gasteiger partial charge on any atom is 0.336 e. The van der Waals surface area contributed by atoms with Gasteiger partial charge in [-0.1, -0.05) is 128 Å². The summed E-state index contributed by atoms with van der Waals surface area (Å²) in [5.74, 6) is 2.14. The Labute approximate surface area is 586 Å². The third-order valence-electron chi connectivity index (χ3n) is 15.0. The summed E-state index contributed by atoms with van der Waals surface area (Å²) in [5, 5.41) is 12.5. The highest BCUT2D eigenvalue weighted by Gasteiger charge is 2.40. The Morgan fingerprint density at radius 3 is 1.17 bits per heavy atom. The molecule has 0 aliphatic carbocycles. The van der Waals surface area contributed by atoms with Crippen LogP contribution in [-0.2, 0) is 27.2 Å². The number of nitrogens with one attached hydrogen (secondary N) is 3. The standard InChI is InChI=1S/C13H32N6.C13H29N.C12H27N5.C11H26N5O3P.C11H24.C10H23O3P/c1-11(14)17-7-5-9-19(13(2,3)4)10-6-8-18-12(15)16;1-6-8-10-12-14(11-9-7-2)13(3,4)5;1-9(13)16-8-6-5-7-10(12(2,3)4)17-11(14)15;1-9(12)15-5-7-18-20(17,11(2,3)4)19-8-6-16-10(13)14;1-6-7-8-9-10(2)11(3,4)5;1-6-8-12-14(11,10(3,4)5)13-9-7-2/h11,17H,5-10,14H2,1-4H3,(H4,15,16,18);6-12H2,1-5H3;10H,5-8H2,1-4H3,(H2,13,16)(H4,14,15,17);5-8H2,1-4H3,(H2,12,15)(H4,13,14,16);10H,6-9H2,1-5H3;6-9H2,1-5H3. The van der Waals surface area contributed by atoms with Crippen LogP contribution < -0.4 is 56.5 Å². The molecular weight excluding hydrogens is 1240 g/mol. The Hall–Kier alpha value is -3.11. The molecule has 0 rings (SSSR count). The van der Waals surface area contributed by atoms with Crippen LogP contribution in [0.4, 0.5) is 0 Å². The lowest BCUT2D eigenvalue weighted by Crippen LogP contribution is -2.46. The van der Waals surface area contributed by atoms with Crippen molar-refractivity contribution in [2.45, 2.75) is 323 Å². The maximum atomic E-state index is 12.7. The highest BCUT2D eigenvalue weighted by Crippen LogP contribution is 2.60. The number of guanidine groups is 3. The van der Waals surface area contributed by atoms with Gasteiger partial charge >= 0.3 is 15.2 Å². The van der Waals surface area contributed by atoms with Gasteiger partial charge in [-0.2, -0.15) is 0 Å². The van der Waals surface area contributed by atoms with E-state index < -0.39 is 25.5 Å². The average molecular weight is 1400 g/mol. The molecule has 4 unspecified atom stereocenters. The molecule has 0 bridgehead atoms. The van der Waals surface area contributed by atoms with Crippen molar-refractivity contribution in [3.8, 4) is 0 Å². The second-order valence-corrected chi connectivity index (χ2v) is 36.6. The second-order valence-electron chi connectivity index (χ2n) is 30.9. The van der Waals surface area contributed by atoms with Gasteiger partial charge < -0.3 is 74.6 Å². The van der Waals surface area contributed by atoms with E-state index in [1.54, 1.807) is 34.6 Å². The van der Waals surface area contributed by atoms with Gasteiger partial charge in [0.25, 0.3) is 0 Å². The molecule has 25 heteroatoms. The van der Waals surface area contributed by atoms with Crippen LogP contribution in [0, 0.1) is 22.2 Å². The van der Waals surface area contributed by atoms with E-state index in [2.05, 4.69) is 151 Å². The van der Waals surface area contributed by atoms with Crippen molar-refractivity contribution < 1.29 is 27.2 Å². The van der Waals surface area contributed by atoms with E-state index >= 15 is 0 Å². The fourth-order valence-electron chi connectivity index (χ4n) is 8.29. The van der Waals surface area contributed by atoms with Crippen LogP contribution in [0.1, 0.15) is 290 Å². The van der Waals surface area contributed by atoms with Crippen LogP contribution in [0.5, 0.6) is 0 Å². The van der Waals surface area contributed by atoms with Gasteiger partial charge in [-0.15, -0.1) is 0 Å². The van der Waals surface area contributed by atoms with Crippen molar-refractivity contribution in [2.75, 3.05) is 85.3 Å². The Morgan fingerprint density at radius 2 is 0.811 bits per heavy atom. The van der Waals surface area contributed by atoms with Gasteiger partial charge in [0.05, 0.1) is 67.7 Å². The van der Waals surface area contributed by atoms with E-state index in [0.717, 1.165) is 77.0 Å². The van der Waals surface area contributed by atoms with E-state index in [0.29, 0.717) is 48.9 Å². The maximum absolute atomic E-state index is 12.7. The van der Waals surface area contributed by atoms with Crippen LogP contribution in [0.15, 0.2) is 20.0 Å². The molecular formula is C70H161N17O6P2. The third kappa shape index (κ3) is 65.3. The summed E-state index contributed by atoms with van der Waals surface area (Å²) in [7, 11) is -6.22. The number of unbranched alkanes of at least 4 members (excludes halogenated alkanes) is 6. The zero-order valence-electron chi connectivity index (χ0n) is 66.9. The third-order valence-corrected chi connectivity index (χ3v) is 20.3. The van der Waals surface area contributed by atoms with Crippen LogP contribution in [-0.4, -0.2) is 158 Å². The van der Waals surface area contributed by atoms with Crippen molar-refractivity contribution in [3.05, 3.63) is 0 Å². The van der Waals surface area contributed by atoms with Gasteiger partial charge in [0.15, 0.2) is 17.9 Å². The van der Waals surface area contributed by atoms with E-state index in [4.69, 9.17) is 69.4 Å². The number of nitrogens with zero attached hydrogens (tertiary/aromatic N) is 6. The molecule has 4 atom stereocenters. The number of nitrogens with two attached hydrogens (primary N) is 8. The van der Waals surface area contributed by atoms with Crippen molar-refractivity contribution >= 4 is 44.7 Å². The second kappa shape index (κ2) is 56.6. The number of rotatable bonds is 40. The molecule has 23 nitrogen and oxygen atoms in total. The van der Waals surface area contributed by atoms with Gasteiger partial charge in [0, 0.05) is 36.8 Å². The van der Waals surface area contributed by atoms with Crippen LogP contribution >= 0.6 is 15.2 Å². The summed E-state index contributed by atoms with van der Waals surface area (Å²) in [4.78, 5) is 21.0. The zero-order valence-corrected chi connectivity index (χ0v) is 68.7. The SMILES string of the molecule is CC(N)=NCCCCC(NC(=N)N)C(C)(C)C.CC(N)=NCCOP(=O)(OCCN=C(N)N)C(C)(C)C.CC(N)NCCCN(CCCN=C(N)N)C(C)(C)C.CCCCCC(C)C(C)(C)C.CCCCCN(CCCC)C(C)(C)C.CCCOP(=O)(OCCC)C(C)(C)C. The number of hydrogen-bond donors (Lipinski definition) is 11. The monoisotopic (exact) mass is 1400 g/mol. The summed E-state index contributed by atoms with van der Waals surface area (Å²) in [5.41, 5.74) is 44.1. The highest BCUT2D eigenvalue weighted by atomic mass is 31.2. The Kier molecular flexibility index (Phi) is 61.3. The fourth-order valence-corrected chi connectivity index (χ4v) is 11.5. The molecule has 0 aliphatic rings. The van der Waals surface area contributed by atoms with E-state index in [1.165, 1.54) is 70.9 Å². The number of amidine groups is 2. The van der Waals surface area contributed by atoms with Gasteiger partial charge in [0.1, 0.15) is 0 Å². The lowest BCUT2D eigenvalue weighted by atomic mass is 9.79. The molecule has 0 heterocycles. The smallest absolute Gasteiger partial charge is 0.336 e. The minimum Gasteiger partial charge on any atom is -0.388 e. The van der Waals surface area contributed by atoms with Gasteiger partial charge in [0.2, 0.25) is 0 Å². The lowest BCUT2D eigenvalue weighted by molar-refractivity contribution is 0.131. The molecule has 0 aromatic heterocycles. The summed E-state index contributed by atoms with van der Waals surface area (Å²) in [6, 6.07) is 0.225. The summed E-state index contributed by atoms with van der Waals surface area (Å²) in [6.07, 6.45) is 19.1. The van der Waals surface area contributed by atoms with Crippen molar-refractivity contribution in [2.24, 2.45) is 82.6 Å². The van der Waals surface area contributed by atoms with Gasteiger partial charge in [-0.05, 0) is 205 Å². The first kappa shape index (κ1) is 103. The topological polar surface area (TPSA) is 383 Å². The summed E-state index contributed by atoms with van der Waals surface area (Å²) < 4.78 is 46.6. The first-order chi connectivity index (χ1) is 43.4. The summed E-state index contributed by atoms with van der Waals surface area (Å²) in [6.45, 7) is 65.6. The predicted octanol–water partition coefficient (Wildman–Crippen LogP) is 14.3. The number of hydrogen-bond acceptors (Lipinski definition) is 15. The molecule has 95 heavy (non-hydrogen) atoms. The Morgan fingerprint density at radius 1 is 0.453 bits per heavy atom. The first-order valence-electron chi connectivity index (χ1n) is 35.9. The van der Waals surface area contributed by atoms with Crippen molar-refractivity contribution in [1.82, 2.24) is 20.4 Å². The Balaban J connectivity index is -0.000000253. The molecule has 0 saturated carbocycles. The first-order valence-corrected chi connectivity index (χ1v) is 39.0. The van der Waals surface area contributed by atoms with Crippen LogP contribution in [0.2, 0.25) is 0 Å². The van der Waals surface area contributed by atoms with Gasteiger partial charge in [-0.25, -0.2) is 0 Å². The molecule has 572 valence electrons. The van der Waals surface area contributed by atoms with Crippen LogP contribution in [0.25, 0.3) is 0 Å². The summed E-state index contributed by atoms with van der Waals surface area (Å²) >= 11 is 0. The van der Waals surface area contributed by atoms with Crippen molar-refractivity contribution in [3.63, 3.8) is 0 Å². The largest absolute Gasteiger partial charge is 0.388 e. The van der Waals surface area contributed by atoms with Crippen molar-refractivity contribution in [1.29, 1.82) is 5.41 Å². The molecule has 19 N–H and O–H groups in total. The molecule has 0 radical (unpaired) electrons. The van der Waals surface area contributed by atoms with Crippen LogP contribution in [0.3, 0.4) is 0 Å². The normalized spacial score (nSPS) is 14.1. The number of aliphatic imine (C=N–C) groups is 4. The molecule has 0 fully saturated rings. The molecule has 0 aromatic rings. The predicted molar refractivity (Wildman–Crippen MR) is 418 cm³/mol. The molecule has 0 amide bonds. The van der Waals surface area contributed by atoms with E-state index in [-0.39, 0.29) is 60.8 Å². The fraction of sp³-hybridized carbons (Fsp3) is 0.929. The highest BCUT2D eigenvalue weighted by molar-refractivity contribution is 7.55. The lowest BCUT2D eigenvalue weighted by Gasteiger charge is -2.35. The molecule has 0 aromatic carbocycles. The van der Waals surface area contributed by atoms with Gasteiger partial charge in [-0.3, -0.25) is 44.3 Å². The quantitative estimate of drug-likeness (QED) is 0.00892. The average Bonchev–Trinajstić information content (AvgIpc) is 0.873. The minimum atomic E-state index is -3.28. The zero-order chi connectivity index (χ0) is 75.4. The molecule has 0 spiro atoms. The Bertz CT molecular complexity index is 2020. The molecule has 0 aliphatic heterocycles. The minimum absolute atomic E-state index is 0.0344. The molecule has 0 saturated heterocycles. The van der Waals surface area contributed by atoms with E-state index in [9.17, 15) is 9.13 Å². The van der Waals surface area contributed by atoms with E-state index in [1.807, 2.05) is 41.5 Å².